The minimum atomic E-state index is -1.09. The normalized spacial score (nSPS) is 11.8. The fourth-order valence-electron chi connectivity index (χ4n) is 7.15. The highest BCUT2D eigenvalue weighted by molar-refractivity contribution is 6.32. The molecular formula is C50H46Cl2N4O7. The Hall–Kier alpha value is -6.63. The molecule has 63 heavy (non-hydrogen) atoms. The maximum Gasteiger partial charge on any atom is 0.309 e. The molecule has 0 amide bonds. The molecule has 6 aromatic rings. The molecule has 0 aliphatic carbocycles. The van der Waals surface area contributed by atoms with Crippen LogP contribution in [0.5, 0.6) is 23.0 Å². The molecule has 0 fully saturated rings. The van der Waals surface area contributed by atoms with Crippen molar-refractivity contribution in [3.05, 3.63) is 163 Å². The van der Waals surface area contributed by atoms with Crippen molar-refractivity contribution in [1.29, 1.82) is 10.5 Å². The molecule has 2 atom stereocenters. The van der Waals surface area contributed by atoms with E-state index in [9.17, 15) is 25.5 Å². The summed E-state index contributed by atoms with van der Waals surface area (Å²) in [7, 11) is 0. The van der Waals surface area contributed by atoms with Crippen LogP contribution in [0.2, 0.25) is 10.0 Å². The molecule has 2 aromatic heterocycles. The Morgan fingerprint density at radius 1 is 0.667 bits per heavy atom. The highest BCUT2D eigenvalue weighted by atomic mass is 35.5. The third kappa shape index (κ3) is 11.6. The molecule has 0 unspecified atom stereocenters. The second-order valence-electron chi connectivity index (χ2n) is 15.1. The van der Waals surface area contributed by atoms with Gasteiger partial charge in [0.1, 0.15) is 61.6 Å². The molecule has 2 heterocycles. The first-order valence-corrected chi connectivity index (χ1v) is 21.1. The molecule has 4 aromatic carbocycles. The molecule has 0 aliphatic heterocycles. The molecule has 0 radical (unpaired) electrons. The molecule has 13 heteroatoms. The predicted molar refractivity (Wildman–Crippen MR) is 240 cm³/mol. The van der Waals surface area contributed by atoms with E-state index in [4.69, 9.17) is 42.1 Å². The van der Waals surface area contributed by atoms with E-state index in [2.05, 4.69) is 41.2 Å². The first kappa shape index (κ1) is 45.9. The zero-order valence-electron chi connectivity index (χ0n) is 35.3. The molecular weight excluding hydrogens is 839 g/mol. The Bertz CT molecular complexity index is 2690. The Labute approximate surface area is 377 Å². The van der Waals surface area contributed by atoms with Crippen LogP contribution in [-0.4, -0.2) is 32.3 Å². The van der Waals surface area contributed by atoms with Gasteiger partial charge in [-0.2, -0.15) is 10.5 Å². The van der Waals surface area contributed by atoms with Crippen molar-refractivity contribution in [1.82, 2.24) is 9.97 Å². The zero-order chi connectivity index (χ0) is 45.0. The number of carbonyl (C=O) groups is 1. The van der Waals surface area contributed by atoms with Crippen LogP contribution in [0.1, 0.15) is 75.9 Å². The molecule has 6 rings (SSSR count). The second-order valence-corrected chi connectivity index (χ2v) is 15.9. The van der Waals surface area contributed by atoms with Crippen molar-refractivity contribution in [3.63, 3.8) is 0 Å². The number of aryl methyl sites for hydroxylation is 2. The summed E-state index contributed by atoms with van der Waals surface area (Å²) >= 11 is 13.5. The van der Waals surface area contributed by atoms with Gasteiger partial charge in [-0.15, -0.1) is 0 Å². The van der Waals surface area contributed by atoms with Crippen molar-refractivity contribution >= 4 is 29.2 Å². The van der Waals surface area contributed by atoms with Gasteiger partial charge in [-0.3, -0.25) is 14.8 Å². The number of aliphatic hydroxyl groups excluding tert-OH is 1. The lowest BCUT2D eigenvalue weighted by molar-refractivity contribution is -0.145. The first-order valence-electron chi connectivity index (χ1n) is 20.3. The topological polar surface area (TPSA) is 168 Å². The van der Waals surface area contributed by atoms with Crippen LogP contribution < -0.4 is 18.9 Å². The van der Waals surface area contributed by atoms with Crippen LogP contribution >= 0.6 is 23.2 Å². The monoisotopic (exact) mass is 884 g/mol. The molecule has 0 bridgehead atoms. The van der Waals surface area contributed by atoms with E-state index < -0.39 is 18.0 Å². The molecule has 0 aliphatic rings. The van der Waals surface area contributed by atoms with Gasteiger partial charge in [0.15, 0.2) is 0 Å². The van der Waals surface area contributed by atoms with Gasteiger partial charge in [-0.05, 0) is 109 Å². The smallest absolute Gasteiger partial charge is 0.309 e. The molecule has 0 spiro atoms. The van der Waals surface area contributed by atoms with E-state index in [1.165, 1.54) is 19.3 Å². The first-order chi connectivity index (χ1) is 30.4. The minimum Gasteiger partial charge on any atom is -0.488 e. The van der Waals surface area contributed by atoms with Crippen LogP contribution in [0, 0.1) is 42.4 Å². The van der Waals surface area contributed by atoms with Crippen LogP contribution in [0.15, 0.2) is 97.6 Å². The number of benzene rings is 4. The van der Waals surface area contributed by atoms with Crippen LogP contribution in [0.3, 0.4) is 0 Å². The van der Waals surface area contributed by atoms with Gasteiger partial charge in [0.25, 0.3) is 0 Å². The number of aliphatic hydroxyl groups is 1. The second kappa shape index (κ2) is 21.4. The molecule has 0 saturated heterocycles. The fraction of sp³-hybridized carbons (Fsp3) is 0.260. The standard InChI is InChI=1S/C50H46Cl2N4O7/c1-5-37-16-44(51)48(18-46(37)60-26-35-14-33(20-53)22-55-24-35)62-28-39-8-6-10-41(30(39)2)42-11-7-9-40(31(42)3)29-63-49-19-47(61-27-36-15-34(21-54)23-56-25-36)38(17-45(49)52)12-13-43(32(4)57)50(58)59/h6-11,14-19,22-25,32,43,57H,5,12-13,26-29H2,1-4H3,(H,58,59)/t32-,43-/m1/s1. The largest absolute Gasteiger partial charge is 0.488 e. The van der Waals surface area contributed by atoms with Crippen molar-refractivity contribution in [2.24, 2.45) is 5.92 Å². The van der Waals surface area contributed by atoms with Gasteiger partial charge in [-0.25, -0.2) is 0 Å². The third-order valence-corrected chi connectivity index (χ3v) is 11.4. The summed E-state index contributed by atoms with van der Waals surface area (Å²) in [5, 5.41) is 39.2. The van der Waals surface area contributed by atoms with Crippen LogP contribution in [0.4, 0.5) is 0 Å². The molecule has 0 saturated carbocycles. The zero-order valence-corrected chi connectivity index (χ0v) is 36.8. The third-order valence-electron chi connectivity index (χ3n) is 10.8. The van der Waals surface area contributed by atoms with Gasteiger partial charge in [0.05, 0.1) is 33.2 Å². The summed E-state index contributed by atoms with van der Waals surface area (Å²) in [6, 6.07) is 26.8. The lowest BCUT2D eigenvalue weighted by Crippen LogP contribution is -2.26. The Balaban J connectivity index is 1.19. The Morgan fingerprint density at radius 3 is 1.57 bits per heavy atom. The van der Waals surface area contributed by atoms with Crippen molar-refractivity contribution in [3.8, 4) is 46.3 Å². The number of hydrogen-bond donors (Lipinski definition) is 2. The number of pyridine rings is 2. The van der Waals surface area contributed by atoms with Crippen LogP contribution in [0.25, 0.3) is 11.1 Å². The SMILES string of the molecule is CCc1cc(Cl)c(OCc2cccc(-c3cccc(COc4cc(OCc5cncc(C#N)c5)c(CC[C@@H](C(=O)O)[C@@H](C)O)cc4Cl)c3C)c2C)cc1OCc1cncc(C#N)c1. The lowest BCUT2D eigenvalue weighted by atomic mass is 9.92. The van der Waals surface area contributed by atoms with Crippen molar-refractivity contribution < 1.29 is 34.0 Å². The minimum absolute atomic E-state index is 0.0894. The quantitative estimate of drug-likeness (QED) is 0.0794. The number of carboxylic acid groups (broad SMARTS) is 1. The number of nitrogens with zero attached hydrogens (tertiary/aromatic N) is 4. The van der Waals surface area contributed by atoms with Gasteiger partial charge in [0.2, 0.25) is 0 Å². The average Bonchev–Trinajstić information content (AvgIpc) is 3.28. The number of ether oxygens (including phenoxy) is 4. The number of carboxylic acids is 1. The number of rotatable bonds is 19. The maximum absolute atomic E-state index is 11.8. The van der Waals surface area contributed by atoms with E-state index in [0.29, 0.717) is 61.7 Å². The van der Waals surface area contributed by atoms with E-state index in [-0.39, 0.29) is 39.3 Å². The number of halogens is 2. The summed E-state index contributed by atoms with van der Waals surface area (Å²) in [4.78, 5) is 20.1. The highest BCUT2D eigenvalue weighted by Crippen LogP contribution is 2.38. The van der Waals surface area contributed by atoms with E-state index >= 15 is 0 Å². The Kier molecular flexibility index (Phi) is 15.6. The van der Waals surface area contributed by atoms with E-state index in [0.717, 1.165) is 44.5 Å². The summed E-state index contributed by atoms with van der Waals surface area (Å²) < 4.78 is 25.1. The molecule has 11 nitrogen and oxygen atoms in total. The molecule has 2 N–H and O–H groups in total. The summed E-state index contributed by atoms with van der Waals surface area (Å²) in [6.07, 6.45) is 6.32. The predicted octanol–water partition coefficient (Wildman–Crippen LogP) is 10.7. The number of aliphatic carboxylic acids is 1. The Morgan fingerprint density at radius 2 is 1.13 bits per heavy atom. The summed E-state index contributed by atoms with van der Waals surface area (Å²) in [5.41, 5.74) is 9.90. The van der Waals surface area contributed by atoms with Gasteiger partial charge < -0.3 is 29.2 Å². The number of aromatic nitrogens is 2. The summed E-state index contributed by atoms with van der Waals surface area (Å²) in [5.74, 6) is -0.146. The van der Waals surface area contributed by atoms with E-state index in [1.807, 2.05) is 50.2 Å². The average molecular weight is 886 g/mol. The molecule has 322 valence electrons. The number of nitriles is 2. The van der Waals surface area contributed by atoms with Gasteiger partial charge >= 0.3 is 5.97 Å². The van der Waals surface area contributed by atoms with Gasteiger partial charge in [0, 0.05) is 48.0 Å². The fourth-order valence-corrected chi connectivity index (χ4v) is 7.63. The highest BCUT2D eigenvalue weighted by Gasteiger charge is 2.24. The number of hydrogen-bond acceptors (Lipinski definition) is 10. The maximum atomic E-state index is 11.8. The lowest BCUT2D eigenvalue weighted by Gasteiger charge is -2.19. The van der Waals surface area contributed by atoms with Crippen molar-refractivity contribution in [2.45, 2.75) is 79.5 Å². The summed E-state index contributed by atoms with van der Waals surface area (Å²) in [6.45, 7) is 8.35. The van der Waals surface area contributed by atoms with Crippen molar-refractivity contribution in [2.75, 3.05) is 0 Å². The van der Waals surface area contributed by atoms with Crippen LogP contribution in [-0.2, 0) is 44.1 Å². The van der Waals surface area contributed by atoms with E-state index in [1.54, 1.807) is 36.7 Å². The van der Waals surface area contributed by atoms with Gasteiger partial charge in [-0.1, -0.05) is 66.5 Å².